The molecule has 2 aromatic rings. The van der Waals surface area contributed by atoms with E-state index in [1.165, 1.54) is 0 Å². The highest BCUT2D eigenvalue weighted by molar-refractivity contribution is 5.76. The second-order valence-corrected chi connectivity index (χ2v) is 6.92. The summed E-state index contributed by atoms with van der Waals surface area (Å²) in [7, 11) is 1.86. The number of pyridine rings is 1. The highest BCUT2D eigenvalue weighted by Crippen LogP contribution is 2.21. The smallest absolute Gasteiger partial charge is 0.320 e. The normalized spacial score (nSPS) is 20.0. The molecule has 0 aliphatic carbocycles. The number of urea groups is 1. The van der Waals surface area contributed by atoms with Crippen LogP contribution >= 0.6 is 0 Å². The van der Waals surface area contributed by atoms with Gasteiger partial charge in [0.2, 0.25) is 0 Å². The van der Waals surface area contributed by atoms with Gasteiger partial charge in [-0.3, -0.25) is 14.1 Å². The molecule has 2 aliphatic heterocycles. The van der Waals surface area contributed by atoms with E-state index in [1.807, 2.05) is 30.1 Å². The van der Waals surface area contributed by atoms with E-state index in [1.54, 1.807) is 21.6 Å². The van der Waals surface area contributed by atoms with Crippen molar-refractivity contribution in [3.63, 3.8) is 0 Å². The van der Waals surface area contributed by atoms with Crippen molar-refractivity contribution in [2.24, 2.45) is 0 Å². The Balaban J connectivity index is 1.40. The van der Waals surface area contributed by atoms with Gasteiger partial charge in [0.05, 0.1) is 5.69 Å². The fraction of sp³-hybridized carbons (Fsp3) is 0.500. The lowest BCUT2D eigenvalue weighted by Crippen LogP contribution is -2.46. The Morgan fingerprint density at radius 2 is 1.92 bits per heavy atom. The van der Waals surface area contributed by atoms with Crippen LogP contribution in [0.15, 0.2) is 35.3 Å². The molecule has 2 amide bonds. The predicted molar refractivity (Wildman–Crippen MR) is 94.5 cm³/mol. The van der Waals surface area contributed by atoms with Crippen LogP contribution in [0.25, 0.3) is 5.65 Å². The molecule has 0 aromatic carbocycles. The maximum atomic E-state index is 12.2. The lowest BCUT2D eigenvalue weighted by Gasteiger charge is -2.36. The summed E-state index contributed by atoms with van der Waals surface area (Å²) < 4.78 is 1.56. The van der Waals surface area contributed by atoms with Gasteiger partial charge >= 0.3 is 6.03 Å². The Morgan fingerprint density at radius 3 is 2.64 bits per heavy atom. The zero-order valence-electron chi connectivity index (χ0n) is 14.5. The van der Waals surface area contributed by atoms with Gasteiger partial charge in [-0.2, -0.15) is 0 Å². The van der Waals surface area contributed by atoms with Crippen LogP contribution in [-0.2, 0) is 6.54 Å². The molecule has 0 radical (unpaired) electrons. The van der Waals surface area contributed by atoms with Gasteiger partial charge in [-0.15, -0.1) is 0 Å². The monoisotopic (exact) mass is 341 g/mol. The van der Waals surface area contributed by atoms with Crippen molar-refractivity contribution in [3.8, 4) is 0 Å². The first-order valence-corrected chi connectivity index (χ1v) is 8.83. The van der Waals surface area contributed by atoms with Crippen LogP contribution in [0.3, 0.4) is 0 Å². The summed E-state index contributed by atoms with van der Waals surface area (Å²) in [6.07, 6.45) is 3.70. The van der Waals surface area contributed by atoms with Crippen LogP contribution in [0.1, 0.15) is 18.5 Å². The van der Waals surface area contributed by atoms with E-state index in [9.17, 15) is 9.59 Å². The Hall–Kier alpha value is -2.41. The second kappa shape index (κ2) is 6.48. The number of fused-ring (bicyclic) bond motifs is 1. The van der Waals surface area contributed by atoms with Gasteiger partial charge in [0, 0.05) is 58.1 Å². The quantitative estimate of drug-likeness (QED) is 0.836. The van der Waals surface area contributed by atoms with Crippen LogP contribution in [0.4, 0.5) is 4.79 Å². The Bertz CT molecular complexity index is 841. The number of carbonyl (C=O) groups is 1. The average molecular weight is 341 g/mol. The van der Waals surface area contributed by atoms with Crippen molar-refractivity contribution in [3.05, 3.63) is 46.5 Å². The van der Waals surface area contributed by atoms with Crippen LogP contribution in [0.2, 0.25) is 0 Å². The first-order valence-electron chi connectivity index (χ1n) is 8.83. The Labute approximate surface area is 146 Å². The third-order valence-corrected chi connectivity index (χ3v) is 5.26. The molecular formula is C18H23N5O2. The lowest BCUT2D eigenvalue weighted by molar-refractivity contribution is 0.127. The SMILES string of the molecule is CN1CCN(C2CCN(Cc3cc(=O)n4ccccc4n3)CC2)C1=O. The summed E-state index contributed by atoms with van der Waals surface area (Å²) in [6, 6.07) is 7.69. The van der Waals surface area contributed by atoms with Crippen molar-refractivity contribution in [1.82, 2.24) is 24.1 Å². The number of hydrogen-bond donors (Lipinski definition) is 0. The van der Waals surface area contributed by atoms with Gasteiger partial charge in [0.25, 0.3) is 5.56 Å². The number of amides is 2. The van der Waals surface area contributed by atoms with Gasteiger partial charge in [-0.1, -0.05) is 6.07 Å². The Kier molecular flexibility index (Phi) is 4.17. The van der Waals surface area contributed by atoms with E-state index in [4.69, 9.17) is 0 Å². The minimum Gasteiger partial charge on any atom is -0.326 e. The zero-order chi connectivity index (χ0) is 17.4. The van der Waals surface area contributed by atoms with E-state index in [0.29, 0.717) is 18.2 Å². The third kappa shape index (κ3) is 3.11. The molecular weight excluding hydrogens is 318 g/mol. The molecule has 4 rings (SSSR count). The standard InChI is InChI=1S/C18H23N5O2/c1-20-10-11-22(18(20)25)15-5-8-21(9-6-15)13-14-12-17(24)23-7-3-2-4-16(23)19-14/h2-4,7,12,15H,5-6,8-11,13H2,1H3. The molecule has 2 aliphatic rings. The number of likely N-dealkylation sites (N-methyl/N-ethyl adjacent to an activating group) is 1. The number of likely N-dealkylation sites (tertiary alicyclic amines) is 1. The summed E-state index contributed by atoms with van der Waals surface area (Å²) in [6.45, 7) is 4.19. The summed E-state index contributed by atoms with van der Waals surface area (Å²) in [5.41, 5.74) is 1.46. The highest BCUT2D eigenvalue weighted by Gasteiger charge is 2.33. The van der Waals surface area contributed by atoms with Crippen molar-refractivity contribution in [2.75, 3.05) is 33.2 Å². The number of hydrogen-bond acceptors (Lipinski definition) is 4. The minimum absolute atomic E-state index is 0.0406. The van der Waals surface area contributed by atoms with Crippen LogP contribution in [-0.4, -0.2) is 69.4 Å². The van der Waals surface area contributed by atoms with E-state index in [0.717, 1.165) is 44.7 Å². The molecule has 0 atom stereocenters. The Morgan fingerprint density at radius 1 is 1.12 bits per heavy atom. The molecule has 7 nitrogen and oxygen atoms in total. The zero-order valence-corrected chi connectivity index (χ0v) is 14.5. The van der Waals surface area contributed by atoms with Crippen LogP contribution in [0, 0.1) is 0 Å². The molecule has 0 unspecified atom stereocenters. The van der Waals surface area contributed by atoms with E-state index in [-0.39, 0.29) is 11.6 Å². The maximum Gasteiger partial charge on any atom is 0.320 e. The molecule has 25 heavy (non-hydrogen) atoms. The molecule has 2 saturated heterocycles. The first kappa shape index (κ1) is 16.1. The van der Waals surface area contributed by atoms with Gasteiger partial charge in [0.1, 0.15) is 5.65 Å². The number of aromatic nitrogens is 2. The third-order valence-electron chi connectivity index (χ3n) is 5.26. The lowest BCUT2D eigenvalue weighted by atomic mass is 10.0. The maximum absolute atomic E-state index is 12.2. The van der Waals surface area contributed by atoms with Crippen molar-refractivity contribution >= 4 is 11.7 Å². The summed E-state index contributed by atoms with van der Waals surface area (Å²) in [4.78, 5) is 35.0. The minimum atomic E-state index is -0.0406. The summed E-state index contributed by atoms with van der Waals surface area (Å²) in [5.74, 6) is 0. The van der Waals surface area contributed by atoms with Crippen molar-refractivity contribution in [2.45, 2.75) is 25.4 Å². The molecule has 2 aromatic heterocycles. The number of piperidine rings is 1. The van der Waals surface area contributed by atoms with Gasteiger partial charge in [0.15, 0.2) is 0 Å². The van der Waals surface area contributed by atoms with E-state index >= 15 is 0 Å². The van der Waals surface area contributed by atoms with Crippen LogP contribution < -0.4 is 5.56 Å². The van der Waals surface area contributed by atoms with Gasteiger partial charge < -0.3 is 9.80 Å². The van der Waals surface area contributed by atoms with E-state index < -0.39 is 0 Å². The van der Waals surface area contributed by atoms with Gasteiger partial charge in [-0.05, 0) is 25.0 Å². The second-order valence-electron chi connectivity index (χ2n) is 6.92. The number of rotatable bonds is 3. The first-order chi connectivity index (χ1) is 12.1. The largest absolute Gasteiger partial charge is 0.326 e. The summed E-state index contributed by atoms with van der Waals surface area (Å²) in [5, 5.41) is 0. The fourth-order valence-electron chi connectivity index (χ4n) is 3.81. The van der Waals surface area contributed by atoms with Crippen LogP contribution in [0.5, 0.6) is 0 Å². The molecule has 0 spiro atoms. The van der Waals surface area contributed by atoms with Gasteiger partial charge in [-0.25, -0.2) is 9.78 Å². The molecule has 4 heterocycles. The van der Waals surface area contributed by atoms with Crippen molar-refractivity contribution in [1.29, 1.82) is 0 Å². The highest BCUT2D eigenvalue weighted by atomic mass is 16.2. The fourth-order valence-corrected chi connectivity index (χ4v) is 3.81. The number of nitrogens with zero attached hydrogens (tertiary/aromatic N) is 5. The average Bonchev–Trinajstić information content (AvgIpc) is 2.95. The number of carbonyl (C=O) groups excluding carboxylic acids is 1. The molecule has 7 heteroatoms. The molecule has 132 valence electrons. The summed E-state index contributed by atoms with van der Waals surface area (Å²) >= 11 is 0. The van der Waals surface area contributed by atoms with Crippen molar-refractivity contribution < 1.29 is 4.79 Å². The predicted octanol–water partition coefficient (Wildman–Crippen LogP) is 1.03. The molecule has 0 bridgehead atoms. The molecule has 0 saturated carbocycles. The topological polar surface area (TPSA) is 61.2 Å². The molecule has 0 N–H and O–H groups in total. The van der Waals surface area contributed by atoms with E-state index in [2.05, 4.69) is 9.88 Å². The molecule has 2 fully saturated rings.